The summed E-state index contributed by atoms with van der Waals surface area (Å²) >= 11 is 6.23. The third-order valence-corrected chi connectivity index (χ3v) is 6.08. The quantitative estimate of drug-likeness (QED) is 0.248. The van der Waals surface area contributed by atoms with Crippen LogP contribution in [0.1, 0.15) is 10.4 Å². The number of rotatable bonds is 5. The predicted octanol–water partition coefficient (Wildman–Crippen LogP) is 7.92. The molecule has 0 fully saturated rings. The molecule has 0 aliphatic heterocycles. The number of esters is 1. The molecule has 0 unspecified atom stereocenters. The first-order chi connectivity index (χ1) is 16.7. The first-order valence-corrected chi connectivity index (χ1v) is 11.4. The Labute approximate surface area is 203 Å². The molecule has 0 amide bonds. The molecule has 0 spiro atoms. The zero-order valence-corrected chi connectivity index (χ0v) is 19.4. The maximum atomic E-state index is 12.7. The minimum Gasteiger partial charge on any atom is -0.465 e. The SMILES string of the molecule is COC(=O)c1ccccc1-c1cc(-c2ccccc2)n(-c2ccccc2)c1-c1ccc(Cl)cc1. The van der Waals surface area contributed by atoms with Gasteiger partial charge in [-0.1, -0.05) is 90.5 Å². The number of methoxy groups -OCH3 is 1. The van der Waals surface area contributed by atoms with Crippen LogP contribution in [0.15, 0.2) is 115 Å². The van der Waals surface area contributed by atoms with Crippen molar-refractivity contribution in [3.05, 3.63) is 126 Å². The van der Waals surface area contributed by atoms with Crippen LogP contribution in [-0.4, -0.2) is 17.6 Å². The fourth-order valence-electron chi connectivity index (χ4n) is 4.28. The molecule has 5 rings (SSSR count). The Kier molecular flexibility index (Phi) is 6.03. The molecule has 0 bridgehead atoms. The number of carbonyl (C=O) groups is 1. The van der Waals surface area contributed by atoms with Crippen molar-refractivity contribution < 1.29 is 9.53 Å². The van der Waals surface area contributed by atoms with E-state index < -0.39 is 0 Å². The van der Waals surface area contributed by atoms with Gasteiger partial charge in [-0.25, -0.2) is 4.79 Å². The first-order valence-electron chi connectivity index (χ1n) is 11.0. The Morgan fingerprint density at radius 1 is 0.706 bits per heavy atom. The van der Waals surface area contributed by atoms with Crippen LogP contribution >= 0.6 is 11.6 Å². The number of halogens is 1. The van der Waals surface area contributed by atoms with E-state index in [2.05, 4.69) is 34.9 Å². The molecule has 0 aliphatic carbocycles. The third kappa shape index (κ3) is 4.02. The summed E-state index contributed by atoms with van der Waals surface area (Å²) in [6.45, 7) is 0. The highest BCUT2D eigenvalue weighted by atomic mass is 35.5. The maximum Gasteiger partial charge on any atom is 0.338 e. The molecule has 1 heterocycles. The van der Waals surface area contributed by atoms with E-state index in [9.17, 15) is 4.79 Å². The second-order valence-electron chi connectivity index (χ2n) is 7.87. The molecule has 166 valence electrons. The second kappa shape index (κ2) is 9.42. The van der Waals surface area contributed by atoms with Gasteiger partial charge in [-0.05, 0) is 53.1 Å². The van der Waals surface area contributed by atoms with E-state index in [0.29, 0.717) is 10.6 Å². The lowest BCUT2D eigenvalue weighted by Gasteiger charge is -2.16. The van der Waals surface area contributed by atoms with Gasteiger partial charge in [-0.15, -0.1) is 0 Å². The molecular formula is C30H22ClNO2. The van der Waals surface area contributed by atoms with Gasteiger partial charge in [0, 0.05) is 16.3 Å². The molecule has 4 heteroatoms. The number of ether oxygens (including phenoxy) is 1. The van der Waals surface area contributed by atoms with Crippen LogP contribution < -0.4 is 0 Å². The molecule has 0 aliphatic rings. The number of hydrogen-bond donors (Lipinski definition) is 0. The summed E-state index contributed by atoms with van der Waals surface area (Å²) in [5, 5.41) is 0.668. The highest BCUT2D eigenvalue weighted by molar-refractivity contribution is 6.30. The van der Waals surface area contributed by atoms with Crippen LogP contribution in [-0.2, 0) is 4.74 Å². The van der Waals surface area contributed by atoms with E-state index in [1.807, 2.05) is 78.9 Å². The van der Waals surface area contributed by atoms with Crippen molar-refractivity contribution in [2.45, 2.75) is 0 Å². The lowest BCUT2D eigenvalue weighted by atomic mass is 9.96. The zero-order valence-electron chi connectivity index (χ0n) is 18.6. The van der Waals surface area contributed by atoms with Crippen LogP contribution in [0.4, 0.5) is 0 Å². The molecule has 4 aromatic carbocycles. The van der Waals surface area contributed by atoms with Crippen LogP contribution in [0.5, 0.6) is 0 Å². The molecule has 1 aromatic heterocycles. The van der Waals surface area contributed by atoms with Gasteiger partial charge in [0.05, 0.1) is 24.1 Å². The number of hydrogen-bond acceptors (Lipinski definition) is 2. The Morgan fingerprint density at radius 3 is 2.00 bits per heavy atom. The number of benzene rings is 4. The average molecular weight is 464 g/mol. The standard InChI is InChI=1S/C30H22ClNO2/c1-34-30(33)26-15-9-8-14-25(26)27-20-28(21-10-4-2-5-11-21)32(24-12-6-3-7-13-24)29(27)22-16-18-23(31)19-17-22/h2-20H,1H3. The topological polar surface area (TPSA) is 31.2 Å². The van der Waals surface area contributed by atoms with Crippen molar-refractivity contribution >= 4 is 17.6 Å². The molecule has 5 aromatic rings. The van der Waals surface area contributed by atoms with Gasteiger partial charge in [0.15, 0.2) is 0 Å². The number of aromatic nitrogens is 1. The van der Waals surface area contributed by atoms with Gasteiger partial charge >= 0.3 is 5.97 Å². The lowest BCUT2D eigenvalue weighted by Crippen LogP contribution is -2.04. The highest BCUT2D eigenvalue weighted by Crippen LogP contribution is 2.42. The van der Waals surface area contributed by atoms with E-state index >= 15 is 0 Å². The smallest absolute Gasteiger partial charge is 0.338 e. The van der Waals surface area contributed by atoms with Gasteiger partial charge in [-0.3, -0.25) is 0 Å². The molecule has 3 nitrogen and oxygen atoms in total. The van der Waals surface area contributed by atoms with Crippen molar-refractivity contribution in [2.75, 3.05) is 7.11 Å². The van der Waals surface area contributed by atoms with E-state index in [0.717, 1.165) is 39.3 Å². The molecular weight excluding hydrogens is 442 g/mol. The van der Waals surface area contributed by atoms with Crippen LogP contribution in [0.25, 0.3) is 39.3 Å². The lowest BCUT2D eigenvalue weighted by molar-refractivity contribution is 0.0601. The van der Waals surface area contributed by atoms with Crippen molar-refractivity contribution in [2.24, 2.45) is 0 Å². The summed E-state index contributed by atoms with van der Waals surface area (Å²) in [5.74, 6) is -0.369. The fraction of sp³-hybridized carbons (Fsp3) is 0.0333. The Morgan fingerprint density at radius 2 is 1.32 bits per heavy atom. The van der Waals surface area contributed by atoms with E-state index in [1.165, 1.54) is 7.11 Å². The van der Waals surface area contributed by atoms with Crippen LogP contribution in [0.3, 0.4) is 0 Å². The van der Waals surface area contributed by atoms with Gasteiger partial charge < -0.3 is 9.30 Å². The summed E-state index contributed by atoms with van der Waals surface area (Å²) in [7, 11) is 1.41. The zero-order chi connectivity index (χ0) is 23.5. The molecule has 0 saturated carbocycles. The largest absolute Gasteiger partial charge is 0.465 e. The Hall–Kier alpha value is -4.08. The van der Waals surface area contributed by atoms with Crippen molar-refractivity contribution in [1.82, 2.24) is 4.57 Å². The van der Waals surface area contributed by atoms with Crippen molar-refractivity contribution in [3.63, 3.8) is 0 Å². The van der Waals surface area contributed by atoms with Gasteiger partial charge in [0.1, 0.15) is 0 Å². The van der Waals surface area contributed by atoms with Gasteiger partial charge in [-0.2, -0.15) is 0 Å². The Balaban J connectivity index is 1.90. The van der Waals surface area contributed by atoms with Crippen molar-refractivity contribution in [1.29, 1.82) is 0 Å². The minimum absolute atomic E-state index is 0.369. The van der Waals surface area contributed by atoms with Gasteiger partial charge in [0.2, 0.25) is 0 Å². The Bertz CT molecular complexity index is 1440. The van der Waals surface area contributed by atoms with Gasteiger partial charge in [0.25, 0.3) is 0 Å². The number of carbonyl (C=O) groups excluding carboxylic acids is 1. The number of nitrogens with zero attached hydrogens (tertiary/aromatic N) is 1. The van der Waals surface area contributed by atoms with E-state index in [-0.39, 0.29) is 5.97 Å². The monoisotopic (exact) mass is 463 g/mol. The van der Waals surface area contributed by atoms with Crippen LogP contribution in [0.2, 0.25) is 5.02 Å². The first kappa shape index (κ1) is 21.7. The average Bonchev–Trinajstić information content (AvgIpc) is 3.30. The maximum absolute atomic E-state index is 12.7. The summed E-state index contributed by atoms with van der Waals surface area (Å²) in [5.41, 5.74) is 7.34. The molecule has 0 N–H and O–H groups in total. The van der Waals surface area contributed by atoms with E-state index in [1.54, 1.807) is 6.07 Å². The minimum atomic E-state index is -0.369. The third-order valence-electron chi connectivity index (χ3n) is 5.82. The predicted molar refractivity (Wildman–Crippen MR) is 138 cm³/mol. The highest BCUT2D eigenvalue weighted by Gasteiger charge is 2.23. The summed E-state index contributed by atoms with van der Waals surface area (Å²) in [4.78, 5) is 12.7. The summed E-state index contributed by atoms with van der Waals surface area (Å²) < 4.78 is 7.34. The molecule has 0 atom stereocenters. The summed E-state index contributed by atoms with van der Waals surface area (Å²) in [6.07, 6.45) is 0. The number of para-hydroxylation sites is 1. The molecule has 0 saturated heterocycles. The van der Waals surface area contributed by atoms with E-state index in [4.69, 9.17) is 16.3 Å². The van der Waals surface area contributed by atoms with Crippen molar-refractivity contribution in [3.8, 4) is 39.3 Å². The molecule has 0 radical (unpaired) electrons. The van der Waals surface area contributed by atoms with Crippen LogP contribution in [0, 0.1) is 0 Å². The second-order valence-corrected chi connectivity index (χ2v) is 8.31. The summed E-state index contributed by atoms with van der Waals surface area (Å²) in [6, 6.07) is 38.0. The molecule has 34 heavy (non-hydrogen) atoms. The normalized spacial score (nSPS) is 10.8. The fourth-order valence-corrected chi connectivity index (χ4v) is 4.41.